The van der Waals surface area contributed by atoms with E-state index in [1.54, 1.807) is 6.92 Å². The normalized spacial score (nSPS) is 36.3. The highest BCUT2D eigenvalue weighted by atomic mass is 16.4. The van der Waals surface area contributed by atoms with E-state index in [1.165, 1.54) is 0 Å². The third-order valence-corrected chi connectivity index (χ3v) is 4.39. The van der Waals surface area contributed by atoms with Crippen LogP contribution in [0, 0.1) is 5.41 Å². The number of aliphatic carboxylic acids is 1. The second kappa shape index (κ2) is 5.26. The third-order valence-electron chi connectivity index (χ3n) is 4.39. The van der Waals surface area contributed by atoms with Crippen molar-refractivity contribution in [1.82, 2.24) is 10.6 Å². The first-order chi connectivity index (χ1) is 8.54. The van der Waals surface area contributed by atoms with Crippen molar-refractivity contribution in [3.63, 3.8) is 0 Å². The molecule has 1 aliphatic carbocycles. The summed E-state index contributed by atoms with van der Waals surface area (Å²) in [5, 5.41) is 15.4. The van der Waals surface area contributed by atoms with Gasteiger partial charge < -0.3 is 15.7 Å². The highest BCUT2D eigenvalue weighted by molar-refractivity contribution is 5.84. The van der Waals surface area contributed by atoms with Crippen molar-refractivity contribution in [2.45, 2.75) is 57.5 Å². The summed E-state index contributed by atoms with van der Waals surface area (Å²) in [6.07, 6.45) is 5.30. The van der Waals surface area contributed by atoms with Crippen LogP contribution in [0.2, 0.25) is 0 Å². The second-order valence-corrected chi connectivity index (χ2v) is 5.68. The summed E-state index contributed by atoms with van der Waals surface area (Å²) in [6, 6.07) is -0.372. The van der Waals surface area contributed by atoms with E-state index >= 15 is 0 Å². The van der Waals surface area contributed by atoms with Gasteiger partial charge >= 0.3 is 5.97 Å². The lowest BCUT2D eigenvalue weighted by atomic mass is 9.84. The average molecular weight is 254 g/mol. The van der Waals surface area contributed by atoms with Gasteiger partial charge in [-0.2, -0.15) is 0 Å². The number of piperidine rings is 1. The summed E-state index contributed by atoms with van der Waals surface area (Å²) in [5.74, 6) is -0.837. The maximum Gasteiger partial charge on any atom is 0.311 e. The maximum atomic E-state index is 12.1. The van der Waals surface area contributed by atoms with E-state index in [-0.39, 0.29) is 18.0 Å². The zero-order chi connectivity index (χ0) is 13.2. The molecule has 0 aromatic heterocycles. The Bertz CT molecular complexity index is 339. The molecule has 0 aromatic rings. The van der Waals surface area contributed by atoms with Gasteiger partial charge in [-0.3, -0.25) is 9.59 Å². The summed E-state index contributed by atoms with van der Waals surface area (Å²) in [6.45, 7) is 2.61. The molecule has 2 aliphatic rings. The minimum atomic E-state index is -0.804. The molecule has 3 N–H and O–H groups in total. The summed E-state index contributed by atoms with van der Waals surface area (Å²) in [4.78, 5) is 23.4. The highest BCUT2D eigenvalue weighted by Crippen LogP contribution is 2.38. The Labute approximate surface area is 107 Å². The lowest BCUT2D eigenvalue weighted by Crippen LogP contribution is -2.53. The van der Waals surface area contributed by atoms with E-state index < -0.39 is 11.4 Å². The lowest BCUT2D eigenvalue weighted by molar-refractivity contribution is -0.149. The average Bonchev–Trinajstić information content (AvgIpc) is 2.73. The number of hydrogen-bond donors (Lipinski definition) is 3. The topological polar surface area (TPSA) is 78.4 Å². The lowest BCUT2D eigenvalue weighted by Gasteiger charge is -2.30. The van der Waals surface area contributed by atoms with Gasteiger partial charge in [0.15, 0.2) is 0 Å². The van der Waals surface area contributed by atoms with Gasteiger partial charge in [0.1, 0.15) is 0 Å². The third kappa shape index (κ3) is 2.51. The zero-order valence-electron chi connectivity index (χ0n) is 10.9. The molecule has 0 spiro atoms. The molecule has 2 rings (SSSR count). The Kier molecular flexibility index (Phi) is 3.90. The minimum Gasteiger partial charge on any atom is -0.481 e. The van der Waals surface area contributed by atoms with Crippen LogP contribution in [0.15, 0.2) is 0 Å². The minimum absolute atomic E-state index is 0.0333. The highest BCUT2D eigenvalue weighted by Gasteiger charge is 2.46. The van der Waals surface area contributed by atoms with Gasteiger partial charge in [-0.1, -0.05) is 12.8 Å². The van der Waals surface area contributed by atoms with Crippen molar-refractivity contribution in [3.05, 3.63) is 0 Å². The van der Waals surface area contributed by atoms with Crippen molar-refractivity contribution in [2.75, 3.05) is 6.54 Å². The van der Waals surface area contributed by atoms with E-state index in [2.05, 4.69) is 10.6 Å². The molecule has 3 atom stereocenters. The monoisotopic (exact) mass is 254 g/mol. The van der Waals surface area contributed by atoms with E-state index in [0.717, 1.165) is 38.6 Å². The first-order valence-electron chi connectivity index (χ1n) is 6.81. The SMILES string of the molecule is CC1(C(=O)O)CCCC1NC(=O)C1CCCCN1. The van der Waals surface area contributed by atoms with Gasteiger partial charge in [0.25, 0.3) is 0 Å². The molecule has 1 aliphatic heterocycles. The molecule has 0 radical (unpaired) electrons. The van der Waals surface area contributed by atoms with E-state index in [0.29, 0.717) is 6.42 Å². The predicted octanol–water partition coefficient (Wildman–Crippen LogP) is 0.888. The summed E-state index contributed by atoms with van der Waals surface area (Å²) in [7, 11) is 0. The molecular weight excluding hydrogens is 232 g/mol. The van der Waals surface area contributed by atoms with Crippen LogP contribution in [0.1, 0.15) is 45.4 Å². The number of nitrogens with one attached hydrogen (secondary N) is 2. The molecule has 1 saturated carbocycles. The Morgan fingerprint density at radius 2 is 2.06 bits per heavy atom. The van der Waals surface area contributed by atoms with Crippen molar-refractivity contribution in [2.24, 2.45) is 5.41 Å². The van der Waals surface area contributed by atoms with Gasteiger partial charge in [-0.05, 0) is 39.2 Å². The molecule has 5 nitrogen and oxygen atoms in total. The van der Waals surface area contributed by atoms with Gasteiger partial charge in [0.05, 0.1) is 11.5 Å². The van der Waals surface area contributed by atoms with E-state index in [4.69, 9.17) is 0 Å². The van der Waals surface area contributed by atoms with Crippen molar-refractivity contribution >= 4 is 11.9 Å². The Morgan fingerprint density at radius 1 is 1.28 bits per heavy atom. The Balaban J connectivity index is 1.95. The van der Waals surface area contributed by atoms with E-state index in [1.807, 2.05) is 0 Å². The van der Waals surface area contributed by atoms with Crippen LogP contribution in [0.4, 0.5) is 0 Å². The molecule has 0 bridgehead atoms. The number of carbonyl (C=O) groups is 2. The Morgan fingerprint density at radius 3 is 2.67 bits per heavy atom. The second-order valence-electron chi connectivity index (χ2n) is 5.68. The fourth-order valence-electron chi connectivity index (χ4n) is 3.00. The molecule has 18 heavy (non-hydrogen) atoms. The predicted molar refractivity (Wildman–Crippen MR) is 67.2 cm³/mol. The van der Waals surface area contributed by atoms with Crippen molar-refractivity contribution < 1.29 is 14.7 Å². The van der Waals surface area contributed by atoms with E-state index in [9.17, 15) is 14.7 Å². The van der Waals surface area contributed by atoms with Crippen LogP contribution in [0.5, 0.6) is 0 Å². The van der Waals surface area contributed by atoms with Crippen molar-refractivity contribution in [3.8, 4) is 0 Å². The molecule has 2 fully saturated rings. The first-order valence-corrected chi connectivity index (χ1v) is 6.81. The molecule has 0 aromatic carbocycles. The molecule has 1 amide bonds. The summed E-state index contributed by atoms with van der Waals surface area (Å²) < 4.78 is 0. The van der Waals surface area contributed by atoms with Crippen LogP contribution < -0.4 is 10.6 Å². The standard InChI is InChI=1S/C13H22N2O3/c1-13(12(17)18)7-4-6-10(13)15-11(16)9-5-2-3-8-14-9/h9-10,14H,2-8H2,1H3,(H,15,16)(H,17,18). The van der Waals surface area contributed by atoms with Gasteiger partial charge in [-0.15, -0.1) is 0 Å². The van der Waals surface area contributed by atoms with Gasteiger partial charge in [0.2, 0.25) is 5.91 Å². The largest absolute Gasteiger partial charge is 0.481 e. The number of rotatable bonds is 3. The van der Waals surface area contributed by atoms with Gasteiger partial charge in [0, 0.05) is 6.04 Å². The first kappa shape index (κ1) is 13.3. The van der Waals surface area contributed by atoms with Crippen LogP contribution in [-0.2, 0) is 9.59 Å². The number of carbonyl (C=O) groups excluding carboxylic acids is 1. The molecular formula is C13H22N2O3. The smallest absolute Gasteiger partial charge is 0.311 e. The molecule has 1 saturated heterocycles. The van der Waals surface area contributed by atoms with Crippen LogP contribution in [-0.4, -0.2) is 35.6 Å². The quantitative estimate of drug-likeness (QED) is 0.699. The zero-order valence-corrected chi connectivity index (χ0v) is 10.9. The number of amides is 1. The van der Waals surface area contributed by atoms with Crippen molar-refractivity contribution in [1.29, 1.82) is 0 Å². The molecule has 5 heteroatoms. The van der Waals surface area contributed by atoms with Crippen LogP contribution in [0.3, 0.4) is 0 Å². The van der Waals surface area contributed by atoms with Crippen LogP contribution >= 0.6 is 0 Å². The fourth-order valence-corrected chi connectivity index (χ4v) is 3.00. The Hall–Kier alpha value is -1.10. The number of carboxylic acids is 1. The number of carboxylic acid groups (broad SMARTS) is 1. The molecule has 3 unspecified atom stereocenters. The summed E-state index contributed by atoms with van der Waals surface area (Å²) >= 11 is 0. The summed E-state index contributed by atoms with van der Waals surface area (Å²) in [5.41, 5.74) is -0.801. The van der Waals surface area contributed by atoms with Gasteiger partial charge in [-0.25, -0.2) is 0 Å². The molecule has 102 valence electrons. The number of hydrogen-bond acceptors (Lipinski definition) is 3. The van der Waals surface area contributed by atoms with Crippen LogP contribution in [0.25, 0.3) is 0 Å². The maximum absolute atomic E-state index is 12.1. The fraction of sp³-hybridized carbons (Fsp3) is 0.846. The molecule has 1 heterocycles.